The third-order valence-electron chi connectivity index (χ3n) is 3.42. The lowest BCUT2D eigenvalue weighted by Crippen LogP contribution is -1.85. The van der Waals surface area contributed by atoms with E-state index in [1.807, 2.05) is 24.3 Å². The summed E-state index contributed by atoms with van der Waals surface area (Å²) >= 11 is 0. The molecule has 0 saturated carbocycles. The highest BCUT2D eigenvalue weighted by atomic mass is 16.5. The molecule has 0 aliphatic heterocycles. The minimum Gasteiger partial charge on any atom is -0.496 e. The number of benzene rings is 1. The lowest BCUT2D eigenvalue weighted by molar-refractivity contribution is -0.108. The molecule has 0 saturated heterocycles. The van der Waals surface area contributed by atoms with Crippen LogP contribution in [0.4, 0.5) is 0 Å². The molecule has 0 aromatic heterocycles. The molecular weight excluding hydrogens is 288 g/mol. The maximum atomic E-state index is 10.1. The number of rotatable bonds is 11. The summed E-state index contributed by atoms with van der Waals surface area (Å²) in [6.07, 6.45) is 14.7. The number of carbonyl (C=O) groups excluding carboxylic acids is 2. The quantitative estimate of drug-likeness (QED) is 0.318. The van der Waals surface area contributed by atoms with Crippen molar-refractivity contribution in [3.05, 3.63) is 35.9 Å². The minimum atomic E-state index is 0.742. The summed E-state index contributed by atoms with van der Waals surface area (Å²) < 4.78 is 5.08. The summed E-state index contributed by atoms with van der Waals surface area (Å²) in [6, 6.07) is 7.52. The van der Waals surface area contributed by atoms with Crippen LogP contribution in [0.5, 0.6) is 5.75 Å². The Morgan fingerprint density at radius 3 is 2.22 bits per heavy atom. The van der Waals surface area contributed by atoms with Gasteiger partial charge in [-0.05, 0) is 24.6 Å². The Kier molecular flexibility index (Phi) is 15.1. The van der Waals surface area contributed by atoms with E-state index in [0.29, 0.717) is 0 Å². The van der Waals surface area contributed by atoms with E-state index in [1.165, 1.54) is 44.6 Å². The first-order chi connectivity index (χ1) is 11.3. The van der Waals surface area contributed by atoms with Gasteiger partial charge in [0.1, 0.15) is 18.3 Å². The summed E-state index contributed by atoms with van der Waals surface area (Å²) in [5, 5.41) is 0. The third-order valence-corrected chi connectivity index (χ3v) is 3.42. The van der Waals surface area contributed by atoms with Crippen LogP contribution in [-0.4, -0.2) is 19.7 Å². The van der Waals surface area contributed by atoms with Crippen LogP contribution in [0.2, 0.25) is 0 Å². The van der Waals surface area contributed by atoms with E-state index in [2.05, 4.69) is 6.92 Å². The highest BCUT2D eigenvalue weighted by Gasteiger charge is 1.94. The maximum absolute atomic E-state index is 10.1. The predicted molar refractivity (Wildman–Crippen MR) is 96.8 cm³/mol. The van der Waals surface area contributed by atoms with Crippen LogP contribution in [0.1, 0.15) is 63.9 Å². The van der Waals surface area contributed by atoms with Crippen molar-refractivity contribution >= 4 is 18.6 Å². The largest absolute Gasteiger partial charge is 0.496 e. The van der Waals surface area contributed by atoms with E-state index in [1.54, 1.807) is 13.2 Å². The number of hydrogen-bond donors (Lipinski definition) is 0. The number of allylic oxidation sites excluding steroid dienone is 1. The molecule has 0 aliphatic rings. The molecule has 0 atom stereocenters. The second kappa shape index (κ2) is 16.5. The standard InChI is InChI=1S/C10H10O2.C10H20O/c1-12-10-7-3-2-5-9(10)6-4-8-11;1-2-3-4-5-6-7-8-9-10-11/h2-8H,1H3;10H,2-9H2,1H3/b6-4+;. The number of hydrogen-bond acceptors (Lipinski definition) is 3. The lowest BCUT2D eigenvalue weighted by Gasteiger charge is -2.02. The molecule has 128 valence electrons. The average Bonchev–Trinajstić information content (AvgIpc) is 2.60. The lowest BCUT2D eigenvalue weighted by atomic mass is 10.1. The van der Waals surface area contributed by atoms with Gasteiger partial charge in [0.25, 0.3) is 0 Å². The van der Waals surface area contributed by atoms with Crippen molar-refractivity contribution in [3.63, 3.8) is 0 Å². The maximum Gasteiger partial charge on any atom is 0.142 e. The molecule has 0 aliphatic carbocycles. The normalized spacial score (nSPS) is 10.0. The Morgan fingerprint density at radius 1 is 0.957 bits per heavy atom. The van der Waals surface area contributed by atoms with E-state index < -0.39 is 0 Å². The number of para-hydroxylation sites is 1. The van der Waals surface area contributed by atoms with Gasteiger partial charge in [-0.15, -0.1) is 0 Å². The van der Waals surface area contributed by atoms with Crippen LogP contribution in [0.3, 0.4) is 0 Å². The van der Waals surface area contributed by atoms with Crippen molar-refractivity contribution < 1.29 is 14.3 Å². The molecule has 0 amide bonds. The third kappa shape index (κ3) is 12.3. The van der Waals surface area contributed by atoms with Gasteiger partial charge in [-0.1, -0.05) is 63.6 Å². The molecule has 3 nitrogen and oxygen atoms in total. The van der Waals surface area contributed by atoms with Crippen molar-refractivity contribution in [2.75, 3.05) is 7.11 Å². The van der Waals surface area contributed by atoms with Crippen LogP contribution >= 0.6 is 0 Å². The number of methoxy groups -OCH3 is 1. The van der Waals surface area contributed by atoms with Gasteiger partial charge in [-0.25, -0.2) is 0 Å². The molecule has 0 unspecified atom stereocenters. The molecule has 3 heteroatoms. The molecule has 0 heterocycles. The van der Waals surface area contributed by atoms with Gasteiger partial charge >= 0.3 is 0 Å². The molecular formula is C20H30O3. The molecule has 1 rings (SSSR count). The fourth-order valence-electron chi connectivity index (χ4n) is 2.13. The molecule has 23 heavy (non-hydrogen) atoms. The molecule has 1 aromatic carbocycles. The smallest absolute Gasteiger partial charge is 0.142 e. The predicted octanol–water partition coefficient (Wildman–Crippen LogP) is 5.23. The van der Waals surface area contributed by atoms with E-state index in [4.69, 9.17) is 4.74 Å². The van der Waals surface area contributed by atoms with Crippen LogP contribution in [0, 0.1) is 0 Å². The molecule has 0 spiro atoms. The van der Waals surface area contributed by atoms with Crippen LogP contribution in [-0.2, 0) is 9.59 Å². The molecule has 0 bridgehead atoms. The Labute approximate surface area is 140 Å². The first kappa shape index (κ1) is 21.1. The molecule has 1 aromatic rings. The highest BCUT2D eigenvalue weighted by Crippen LogP contribution is 2.18. The zero-order chi connectivity index (χ0) is 17.2. The fraction of sp³-hybridized carbons (Fsp3) is 0.500. The van der Waals surface area contributed by atoms with Gasteiger partial charge in [-0.3, -0.25) is 4.79 Å². The number of aldehydes is 2. The fourth-order valence-corrected chi connectivity index (χ4v) is 2.13. The first-order valence-corrected chi connectivity index (χ1v) is 8.48. The zero-order valence-electron chi connectivity index (χ0n) is 14.5. The molecule has 0 N–H and O–H groups in total. The summed E-state index contributed by atoms with van der Waals surface area (Å²) in [6.45, 7) is 2.23. The second-order valence-corrected chi connectivity index (χ2v) is 5.31. The van der Waals surface area contributed by atoms with Crippen molar-refractivity contribution in [1.29, 1.82) is 0 Å². The van der Waals surface area contributed by atoms with Gasteiger partial charge in [0.15, 0.2) is 0 Å². The van der Waals surface area contributed by atoms with Crippen molar-refractivity contribution in [2.45, 2.75) is 58.3 Å². The zero-order valence-corrected chi connectivity index (χ0v) is 14.5. The first-order valence-electron chi connectivity index (χ1n) is 8.48. The van der Waals surface area contributed by atoms with Gasteiger partial charge in [0.2, 0.25) is 0 Å². The number of unbranched alkanes of at least 4 members (excludes halogenated alkanes) is 7. The van der Waals surface area contributed by atoms with Crippen LogP contribution in [0.25, 0.3) is 6.08 Å². The minimum absolute atomic E-state index is 0.742. The molecule has 0 radical (unpaired) electrons. The number of carbonyl (C=O) groups is 2. The van der Waals surface area contributed by atoms with Gasteiger partial charge in [0.05, 0.1) is 7.11 Å². The van der Waals surface area contributed by atoms with E-state index in [0.717, 1.165) is 36.7 Å². The summed E-state index contributed by atoms with van der Waals surface area (Å²) in [7, 11) is 1.60. The van der Waals surface area contributed by atoms with E-state index in [9.17, 15) is 9.59 Å². The Hall–Kier alpha value is -1.90. The van der Waals surface area contributed by atoms with Crippen LogP contribution < -0.4 is 4.74 Å². The Bertz CT molecular complexity index is 438. The summed E-state index contributed by atoms with van der Waals surface area (Å²) in [4.78, 5) is 20.0. The van der Waals surface area contributed by atoms with E-state index in [-0.39, 0.29) is 0 Å². The Balaban J connectivity index is 0.000000423. The average molecular weight is 318 g/mol. The van der Waals surface area contributed by atoms with Gasteiger partial charge in [-0.2, -0.15) is 0 Å². The van der Waals surface area contributed by atoms with Crippen molar-refractivity contribution in [2.24, 2.45) is 0 Å². The summed E-state index contributed by atoms with van der Waals surface area (Å²) in [5.41, 5.74) is 0.909. The molecule has 0 fully saturated rings. The Morgan fingerprint density at radius 2 is 1.61 bits per heavy atom. The van der Waals surface area contributed by atoms with Crippen LogP contribution in [0.15, 0.2) is 30.3 Å². The van der Waals surface area contributed by atoms with Crippen molar-refractivity contribution in [1.82, 2.24) is 0 Å². The van der Waals surface area contributed by atoms with Gasteiger partial charge in [0, 0.05) is 12.0 Å². The highest BCUT2D eigenvalue weighted by molar-refractivity contribution is 5.75. The van der Waals surface area contributed by atoms with E-state index >= 15 is 0 Å². The number of ether oxygens (including phenoxy) is 1. The summed E-state index contributed by atoms with van der Waals surface area (Å²) in [5.74, 6) is 0.774. The second-order valence-electron chi connectivity index (χ2n) is 5.31. The van der Waals surface area contributed by atoms with Gasteiger partial charge < -0.3 is 9.53 Å². The monoisotopic (exact) mass is 318 g/mol. The SMILES string of the molecule is CCCCCCCCCC=O.COc1ccccc1/C=C/C=O. The topological polar surface area (TPSA) is 43.4 Å². The van der Waals surface area contributed by atoms with Crippen molar-refractivity contribution in [3.8, 4) is 5.75 Å².